The van der Waals surface area contributed by atoms with Crippen LogP contribution in [0.3, 0.4) is 0 Å². The monoisotopic (exact) mass is 274 g/mol. The lowest BCUT2D eigenvalue weighted by Gasteiger charge is -2.21. The topological polar surface area (TPSA) is 95.9 Å². The molecule has 0 spiro atoms. The van der Waals surface area contributed by atoms with Crippen molar-refractivity contribution < 1.29 is 24.2 Å². The maximum Gasteiger partial charge on any atom is 0.317 e. The summed E-state index contributed by atoms with van der Waals surface area (Å²) in [6.07, 6.45) is 0.442. The number of hydrogen-bond acceptors (Lipinski definition) is 4. The van der Waals surface area contributed by atoms with Gasteiger partial charge in [-0.2, -0.15) is 0 Å². The van der Waals surface area contributed by atoms with Gasteiger partial charge in [-0.1, -0.05) is 13.8 Å². The number of carboxylic acids is 1. The van der Waals surface area contributed by atoms with Crippen LogP contribution < -0.4 is 5.32 Å². The zero-order valence-corrected chi connectivity index (χ0v) is 11.8. The van der Waals surface area contributed by atoms with Crippen LogP contribution in [0.15, 0.2) is 0 Å². The predicted molar refractivity (Wildman–Crippen MR) is 68.6 cm³/mol. The first-order valence-corrected chi connectivity index (χ1v) is 6.13. The molecule has 2 N–H and O–H groups in total. The fraction of sp³-hybridized carbons (Fsp3) is 0.750. The van der Waals surface area contributed by atoms with Gasteiger partial charge in [0.05, 0.1) is 18.9 Å². The maximum absolute atomic E-state index is 11.7. The van der Waals surface area contributed by atoms with E-state index >= 15 is 0 Å². The van der Waals surface area contributed by atoms with Crippen LogP contribution in [0.5, 0.6) is 0 Å². The number of carbonyl (C=O) groups is 3. The van der Waals surface area contributed by atoms with Crippen LogP contribution in [0.1, 0.15) is 20.3 Å². The molecular weight excluding hydrogens is 252 g/mol. The van der Waals surface area contributed by atoms with Crippen molar-refractivity contribution in [3.8, 4) is 0 Å². The number of esters is 1. The van der Waals surface area contributed by atoms with Crippen LogP contribution in [0, 0.1) is 11.8 Å². The van der Waals surface area contributed by atoms with E-state index in [2.05, 4.69) is 10.1 Å². The Bertz CT molecular complexity index is 332. The molecule has 110 valence electrons. The van der Waals surface area contributed by atoms with Crippen LogP contribution in [0.25, 0.3) is 0 Å². The summed E-state index contributed by atoms with van der Waals surface area (Å²) in [4.78, 5) is 35.0. The third-order valence-electron chi connectivity index (χ3n) is 2.84. The van der Waals surface area contributed by atoms with Crippen molar-refractivity contribution in [2.75, 3.05) is 27.2 Å². The summed E-state index contributed by atoms with van der Waals surface area (Å²) in [6, 6.07) is -0.407. The molecule has 0 fully saturated rings. The Balaban J connectivity index is 4.20. The molecule has 0 aromatic carbocycles. The molecule has 2 unspecified atom stereocenters. The van der Waals surface area contributed by atoms with E-state index in [9.17, 15) is 14.4 Å². The molecule has 0 saturated heterocycles. The third kappa shape index (κ3) is 6.08. The Morgan fingerprint density at radius 2 is 1.95 bits per heavy atom. The second-order valence-corrected chi connectivity index (χ2v) is 4.43. The molecule has 0 rings (SSSR count). The van der Waals surface area contributed by atoms with Crippen molar-refractivity contribution in [2.45, 2.75) is 20.3 Å². The van der Waals surface area contributed by atoms with Crippen molar-refractivity contribution in [2.24, 2.45) is 11.8 Å². The Morgan fingerprint density at radius 3 is 2.37 bits per heavy atom. The summed E-state index contributed by atoms with van der Waals surface area (Å²) >= 11 is 0. The Hall–Kier alpha value is -1.79. The van der Waals surface area contributed by atoms with E-state index in [1.165, 1.54) is 19.1 Å². The largest absolute Gasteiger partial charge is 0.481 e. The van der Waals surface area contributed by atoms with Gasteiger partial charge in [0.2, 0.25) is 0 Å². The summed E-state index contributed by atoms with van der Waals surface area (Å²) in [7, 11) is 2.83. The summed E-state index contributed by atoms with van der Waals surface area (Å²) in [5.74, 6) is -2.36. The highest BCUT2D eigenvalue weighted by Crippen LogP contribution is 2.03. The second-order valence-electron chi connectivity index (χ2n) is 4.43. The standard InChI is InChI=1S/C12H22N2O5/c1-5-9(10(15)16)6-13-12(18)14(3)7-8(2)11(17)19-4/h8-9H,5-7H2,1-4H3,(H,13,18)(H,15,16). The zero-order valence-electron chi connectivity index (χ0n) is 11.8. The predicted octanol–water partition coefficient (Wildman–Crippen LogP) is 0.548. The average Bonchev–Trinajstić information content (AvgIpc) is 2.37. The van der Waals surface area contributed by atoms with Crippen LogP contribution in [0.2, 0.25) is 0 Å². The fourth-order valence-corrected chi connectivity index (χ4v) is 1.52. The van der Waals surface area contributed by atoms with E-state index in [-0.39, 0.29) is 13.1 Å². The average molecular weight is 274 g/mol. The van der Waals surface area contributed by atoms with Crippen molar-refractivity contribution in [3.63, 3.8) is 0 Å². The number of carbonyl (C=O) groups excluding carboxylic acids is 2. The number of hydrogen-bond donors (Lipinski definition) is 2. The van der Waals surface area contributed by atoms with E-state index in [4.69, 9.17) is 5.11 Å². The number of urea groups is 1. The highest BCUT2D eigenvalue weighted by Gasteiger charge is 2.20. The number of nitrogens with zero attached hydrogens (tertiary/aromatic N) is 1. The smallest absolute Gasteiger partial charge is 0.317 e. The number of nitrogens with one attached hydrogen (secondary N) is 1. The first-order chi connectivity index (χ1) is 8.83. The van der Waals surface area contributed by atoms with Gasteiger partial charge in [0.25, 0.3) is 0 Å². The lowest BCUT2D eigenvalue weighted by molar-refractivity contribution is -0.145. The van der Waals surface area contributed by atoms with Gasteiger partial charge in [0, 0.05) is 20.1 Å². The third-order valence-corrected chi connectivity index (χ3v) is 2.84. The number of amides is 2. The normalized spacial score (nSPS) is 13.3. The minimum absolute atomic E-state index is 0.0710. The molecule has 0 saturated carbocycles. The number of rotatable bonds is 7. The van der Waals surface area contributed by atoms with Crippen LogP contribution >= 0.6 is 0 Å². The number of methoxy groups -OCH3 is 1. The number of aliphatic carboxylic acids is 1. The molecule has 7 heteroatoms. The van der Waals surface area contributed by atoms with Crippen LogP contribution in [-0.4, -0.2) is 55.2 Å². The molecule has 0 radical (unpaired) electrons. The molecular formula is C12H22N2O5. The lowest BCUT2D eigenvalue weighted by Crippen LogP contribution is -2.43. The number of carboxylic acid groups (broad SMARTS) is 1. The molecule has 0 aliphatic rings. The lowest BCUT2D eigenvalue weighted by atomic mass is 10.1. The van der Waals surface area contributed by atoms with Crippen molar-refractivity contribution in [1.82, 2.24) is 10.2 Å². The minimum atomic E-state index is -0.937. The molecule has 0 aliphatic carbocycles. The Labute approximate surface area is 112 Å². The summed E-state index contributed by atoms with van der Waals surface area (Å²) < 4.78 is 4.56. The second kappa shape index (κ2) is 8.34. The first kappa shape index (κ1) is 17.2. The Kier molecular flexibility index (Phi) is 7.55. The quantitative estimate of drug-likeness (QED) is 0.661. The zero-order chi connectivity index (χ0) is 15.0. The minimum Gasteiger partial charge on any atom is -0.481 e. The summed E-state index contributed by atoms with van der Waals surface area (Å²) in [5, 5.41) is 11.4. The van der Waals surface area contributed by atoms with Gasteiger partial charge >= 0.3 is 18.0 Å². The van der Waals surface area contributed by atoms with E-state index in [0.29, 0.717) is 6.42 Å². The molecule has 0 heterocycles. The summed E-state index contributed by atoms with van der Waals surface area (Å²) in [6.45, 7) is 3.68. The molecule has 0 aromatic heterocycles. The van der Waals surface area contributed by atoms with E-state index in [0.717, 1.165) is 0 Å². The molecule has 0 aromatic rings. The van der Waals surface area contributed by atoms with Gasteiger partial charge in [-0.15, -0.1) is 0 Å². The van der Waals surface area contributed by atoms with E-state index in [1.54, 1.807) is 13.8 Å². The Morgan fingerprint density at radius 1 is 1.37 bits per heavy atom. The number of ether oxygens (including phenoxy) is 1. The van der Waals surface area contributed by atoms with E-state index < -0.39 is 29.8 Å². The van der Waals surface area contributed by atoms with Crippen molar-refractivity contribution in [1.29, 1.82) is 0 Å². The maximum atomic E-state index is 11.7. The van der Waals surface area contributed by atoms with Crippen molar-refractivity contribution in [3.05, 3.63) is 0 Å². The van der Waals surface area contributed by atoms with Gasteiger partial charge in [0.1, 0.15) is 0 Å². The molecule has 2 amide bonds. The highest BCUT2D eigenvalue weighted by molar-refractivity contribution is 5.77. The van der Waals surface area contributed by atoms with Crippen molar-refractivity contribution >= 4 is 18.0 Å². The SMILES string of the molecule is CCC(CNC(=O)N(C)CC(C)C(=O)OC)C(=O)O. The van der Waals surface area contributed by atoms with Gasteiger partial charge in [-0.25, -0.2) is 4.79 Å². The van der Waals surface area contributed by atoms with Crippen LogP contribution in [0.4, 0.5) is 4.79 Å². The van der Waals surface area contributed by atoms with Gasteiger partial charge in [-0.3, -0.25) is 9.59 Å². The molecule has 7 nitrogen and oxygen atoms in total. The van der Waals surface area contributed by atoms with Gasteiger partial charge in [-0.05, 0) is 6.42 Å². The van der Waals surface area contributed by atoms with E-state index in [1.807, 2.05) is 0 Å². The van der Waals surface area contributed by atoms with Crippen LogP contribution in [-0.2, 0) is 14.3 Å². The molecule has 0 bridgehead atoms. The highest BCUT2D eigenvalue weighted by atomic mass is 16.5. The molecule has 19 heavy (non-hydrogen) atoms. The van der Waals surface area contributed by atoms with Gasteiger partial charge < -0.3 is 20.1 Å². The molecule has 0 aliphatic heterocycles. The van der Waals surface area contributed by atoms with Gasteiger partial charge in [0.15, 0.2) is 0 Å². The first-order valence-electron chi connectivity index (χ1n) is 6.13. The fourth-order valence-electron chi connectivity index (χ4n) is 1.52. The molecule has 2 atom stereocenters. The summed E-state index contributed by atoms with van der Waals surface area (Å²) in [5.41, 5.74) is 0.